The van der Waals surface area contributed by atoms with Crippen molar-refractivity contribution in [2.75, 3.05) is 20.2 Å². The zero-order chi connectivity index (χ0) is 19.7. The molecule has 1 aliphatic heterocycles. The van der Waals surface area contributed by atoms with Gasteiger partial charge in [0.2, 0.25) is 0 Å². The normalized spacial score (nSPS) is 23.7. The Kier molecular flexibility index (Phi) is 5.24. The second kappa shape index (κ2) is 7.81. The van der Waals surface area contributed by atoms with Crippen molar-refractivity contribution in [2.45, 2.75) is 25.7 Å². The summed E-state index contributed by atoms with van der Waals surface area (Å²) >= 11 is 0. The van der Waals surface area contributed by atoms with E-state index in [1.165, 1.54) is 0 Å². The number of carbonyl (C=O) groups is 1. The monoisotopic (exact) mass is 383 g/mol. The number of aliphatic hydroxyl groups is 1. The summed E-state index contributed by atoms with van der Waals surface area (Å²) in [5, 5.41) is 18.9. The molecule has 1 heterocycles. The predicted octanol–water partition coefficient (Wildman–Crippen LogP) is 2.79. The Morgan fingerprint density at radius 2 is 2.00 bits per heavy atom. The summed E-state index contributed by atoms with van der Waals surface area (Å²) in [7, 11) is 1.61. The average Bonchev–Trinajstić information content (AvgIpc) is 3.03. The molecule has 3 atom stereocenters. The van der Waals surface area contributed by atoms with E-state index >= 15 is 0 Å². The van der Waals surface area contributed by atoms with E-state index in [2.05, 4.69) is 4.90 Å². The summed E-state index contributed by atoms with van der Waals surface area (Å²) in [6.45, 7) is 3.09. The first-order valence-electron chi connectivity index (χ1n) is 9.56. The molecule has 1 saturated heterocycles. The molecule has 0 aromatic heterocycles. The van der Waals surface area contributed by atoms with E-state index < -0.39 is 5.97 Å². The summed E-state index contributed by atoms with van der Waals surface area (Å²) in [6.07, 6.45) is 0.806. The molecule has 0 amide bonds. The van der Waals surface area contributed by atoms with Crippen LogP contribution in [0.4, 0.5) is 0 Å². The van der Waals surface area contributed by atoms with Gasteiger partial charge in [-0.05, 0) is 47.7 Å². The number of rotatable bonds is 7. The van der Waals surface area contributed by atoms with Crippen LogP contribution in [0, 0.1) is 11.8 Å². The van der Waals surface area contributed by atoms with E-state index in [1.807, 2.05) is 24.3 Å². The molecule has 28 heavy (non-hydrogen) atoms. The van der Waals surface area contributed by atoms with Gasteiger partial charge in [0.15, 0.2) is 11.5 Å². The fraction of sp³-hybridized carbons (Fsp3) is 0.409. The van der Waals surface area contributed by atoms with Crippen LogP contribution in [-0.4, -0.2) is 47.4 Å². The van der Waals surface area contributed by atoms with Gasteiger partial charge in [0.1, 0.15) is 6.61 Å². The molecule has 0 unspecified atom stereocenters. The smallest absolute Gasteiger partial charge is 0.335 e. The van der Waals surface area contributed by atoms with Gasteiger partial charge in [-0.25, -0.2) is 4.79 Å². The average molecular weight is 383 g/mol. The van der Waals surface area contributed by atoms with Gasteiger partial charge in [0.25, 0.3) is 0 Å². The Morgan fingerprint density at radius 3 is 2.71 bits per heavy atom. The van der Waals surface area contributed by atoms with Crippen LogP contribution in [0.5, 0.6) is 11.5 Å². The topological polar surface area (TPSA) is 79.2 Å². The predicted molar refractivity (Wildman–Crippen MR) is 104 cm³/mol. The zero-order valence-corrected chi connectivity index (χ0v) is 15.9. The molecule has 0 spiro atoms. The Balaban J connectivity index is 1.39. The van der Waals surface area contributed by atoms with Gasteiger partial charge in [-0.2, -0.15) is 0 Å². The fourth-order valence-electron chi connectivity index (χ4n) is 4.24. The molecule has 0 bridgehead atoms. The van der Waals surface area contributed by atoms with Crippen LogP contribution in [0.1, 0.15) is 27.9 Å². The van der Waals surface area contributed by atoms with E-state index in [9.17, 15) is 9.90 Å². The van der Waals surface area contributed by atoms with Crippen molar-refractivity contribution in [1.82, 2.24) is 4.90 Å². The van der Waals surface area contributed by atoms with Gasteiger partial charge in [0.05, 0.1) is 18.8 Å². The highest BCUT2D eigenvalue weighted by atomic mass is 16.5. The first-order chi connectivity index (χ1) is 13.5. The van der Waals surface area contributed by atoms with E-state index in [0.29, 0.717) is 23.3 Å². The highest BCUT2D eigenvalue weighted by Crippen LogP contribution is 2.41. The van der Waals surface area contributed by atoms with Gasteiger partial charge < -0.3 is 19.7 Å². The first kappa shape index (κ1) is 18.8. The summed E-state index contributed by atoms with van der Waals surface area (Å²) in [4.78, 5) is 13.5. The maximum absolute atomic E-state index is 11.1. The lowest BCUT2D eigenvalue weighted by Crippen LogP contribution is -2.39. The Bertz CT molecular complexity index is 868. The molecule has 1 aliphatic carbocycles. The number of hydrogen-bond acceptors (Lipinski definition) is 5. The van der Waals surface area contributed by atoms with Gasteiger partial charge in [0, 0.05) is 25.6 Å². The van der Waals surface area contributed by atoms with Crippen LogP contribution >= 0.6 is 0 Å². The molecular weight excluding hydrogens is 358 g/mol. The number of carboxylic acid groups (broad SMARTS) is 1. The number of aromatic carboxylic acids is 1. The van der Waals surface area contributed by atoms with E-state index in [-0.39, 0.29) is 18.3 Å². The fourth-order valence-corrected chi connectivity index (χ4v) is 4.24. The standard InChI is InChI=1S/C22H25NO5/c1-27-21-8-14(10-23-11-17-9-19(24)18(17)12-23)5-6-20(21)28-13-15-3-2-4-16(7-15)22(25)26/h2-8,17-19,24H,9-13H2,1H3,(H,25,26)/t17-,18+,19+/m1/s1. The second-order valence-corrected chi connectivity index (χ2v) is 7.70. The van der Waals surface area contributed by atoms with E-state index in [4.69, 9.17) is 14.6 Å². The Hall–Kier alpha value is -2.57. The van der Waals surface area contributed by atoms with Gasteiger partial charge in [-0.3, -0.25) is 4.90 Å². The van der Waals surface area contributed by atoms with Crippen LogP contribution in [-0.2, 0) is 13.2 Å². The molecule has 2 aromatic rings. The third kappa shape index (κ3) is 3.84. The number of methoxy groups -OCH3 is 1. The van der Waals surface area contributed by atoms with E-state index in [0.717, 1.165) is 37.2 Å². The summed E-state index contributed by atoms with van der Waals surface area (Å²) in [5.41, 5.74) is 2.18. The first-order valence-corrected chi connectivity index (χ1v) is 9.56. The number of hydrogen-bond donors (Lipinski definition) is 2. The van der Waals surface area contributed by atoms with Crippen LogP contribution in [0.25, 0.3) is 0 Å². The molecular formula is C22H25NO5. The summed E-state index contributed by atoms with van der Waals surface area (Å²) < 4.78 is 11.4. The third-order valence-electron chi connectivity index (χ3n) is 5.81. The molecule has 6 heteroatoms. The highest BCUT2D eigenvalue weighted by molar-refractivity contribution is 5.87. The quantitative estimate of drug-likeness (QED) is 0.765. The van der Waals surface area contributed by atoms with Crippen molar-refractivity contribution >= 4 is 5.97 Å². The molecule has 2 fully saturated rings. The molecule has 2 aliphatic rings. The minimum atomic E-state index is -0.952. The molecule has 2 N–H and O–H groups in total. The van der Waals surface area contributed by atoms with Crippen molar-refractivity contribution in [2.24, 2.45) is 11.8 Å². The number of fused-ring (bicyclic) bond motifs is 1. The van der Waals surface area contributed by atoms with Gasteiger partial charge in [-0.15, -0.1) is 0 Å². The van der Waals surface area contributed by atoms with Crippen molar-refractivity contribution in [3.05, 3.63) is 59.2 Å². The van der Waals surface area contributed by atoms with Crippen molar-refractivity contribution in [3.63, 3.8) is 0 Å². The number of carboxylic acids is 1. The minimum absolute atomic E-state index is 0.125. The number of nitrogens with zero attached hydrogens (tertiary/aromatic N) is 1. The minimum Gasteiger partial charge on any atom is -0.493 e. The number of likely N-dealkylation sites (tertiary alicyclic amines) is 1. The number of aliphatic hydroxyl groups excluding tert-OH is 1. The maximum Gasteiger partial charge on any atom is 0.335 e. The molecule has 148 valence electrons. The van der Waals surface area contributed by atoms with Crippen molar-refractivity contribution in [3.8, 4) is 11.5 Å². The zero-order valence-electron chi connectivity index (χ0n) is 15.9. The highest BCUT2D eigenvalue weighted by Gasteiger charge is 2.45. The molecule has 2 aromatic carbocycles. The van der Waals surface area contributed by atoms with Crippen LogP contribution in [0.15, 0.2) is 42.5 Å². The lowest BCUT2D eigenvalue weighted by molar-refractivity contribution is -0.00435. The lowest BCUT2D eigenvalue weighted by Gasteiger charge is -2.35. The largest absolute Gasteiger partial charge is 0.493 e. The molecule has 0 radical (unpaired) electrons. The SMILES string of the molecule is COc1cc(CN2C[C@H]3C[C@H](O)[C@H]3C2)ccc1OCc1cccc(C(=O)O)c1. The van der Waals surface area contributed by atoms with Crippen LogP contribution < -0.4 is 9.47 Å². The van der Waals surface area contributed by atoms with Crippen LogP contribution in [0.3, 0.4) is 0 Å². The Labute approximate surface area is 164 Å². The Morgan fingerprint density at radius 1 is 1.14 bits per heavy atom. The van der Waals surface area contributed by atoms with Gasteiger partial charge >= 0.3 is 5.97 Å². The summed E-state index contributed by atoms with van der Waals surface area (Å²) in [6, 6.07) is 12.6. The van der Waals surface area contributed by atoms with Crippen molar-refractivity contribution in [1.29, 1.82) is 0 Å². The van der Waals surface area contributed by atoms with E-state index in [1.54, 1.807) is 25.3 Å². The van der Waals surface area contributed by atoms with Crippen LogP contribution in [0.2, 0.25) is 0 Å². The summed E-state index contributed by atoms with van der Waals surface area (Å²) in [5.74, 6) is 1.41. The molecule has 6 nitrogen and oxygen atoms in total. The third-order valence-corrected chi connectivity index (χ3v) is 5.81. The number of ether oxygens (including phenoxy) is 2. The molecule has 4 rings (SSSR count). The second-order valence-electron chi connectivity index (χ2n) is 7.70. The number of benzene rings is 2. The lowest BCUT2D eigenvalue weighted by atomic mass is 9.74. The maximum atomic E-state index is 11.1. The van der Waals surface area contributed by atoms with Gasteiger partial charge in [-0.1, -0.05) is 18.2 Å². The van der Waals surface area contributed by atoms with Crippen molar-refractivity contribution < 1.29 is 24.5 Å². The molecule has 1 saturated carbocycles.